The standard InChI is InChI=1S/C33H23ClN4/c34-33-36-31(23-11-5-2-6-12-23)35-32(37-33)24-15-18-26(19-16-24)38-29-14-8-7-13-27(29)28-21-25(17-20-30(28)38)22-9-3-1-4-10-22/h1-21,31H,(H,35,36,37). The maximum Gasteiger partial charge on any atom is 0.199 e. The molecule has 5 heteroatoms. The molecule has 7 rings (SSSR count). The lowest BCUT2D eigenvalue weighted by molar-refractivity contribution is 0.760. The number of hydrogen-bond acceptors (Lipinski definition) is 3. The summed E-state index contributed by atoms with van der Waals surface area (Å²) in [5.41, 5.74) is 7.81. The van der Waals surface area contributed by atoms with E-state index in [1.807, 2.05) is 30.3 Å². The van der Waals surface area contributed by atoms with Crippen molar-refractivity contribution in [2.24, 2.45) is 9.98 Å². The minimum atomic E-state index is -0.365. The van der Waals surface area contributed by atoms with Gasteiger partial charge in [0.1, 0.15) is 5.84 Å². The highest BCUT2D eigenvalue weighted by atomic mass is 35.5. The van der Waals surface area contributed by atoms with E-state index >= 15 is 0 Å². The quantitative estimate of drug-likeness (QED) is 0.239. The van der Waals surface area contributed by atoms with E-state index in [0.29, 0.717) is 11.1 Å². The molecule has 1 N–H and O–H groups in total. The molecule has 0 amide bonds. The Kier molecular flexibility index (Phi) is 5.53. The molecule has 6 aromatic rings. The van der Waals surface area contributed by atoms with Crippen molar-refractivity contribution in [2.45, 2.75) is 6.17 Å². The van der Waals surface area contributed by atoms with Crippen LogP contribution in [0.25, 0.3) is 38.6 Å². The lowest BCUT2D eigenvalue weighted by Crippen LogP contribution is -2.32. The van der Waals surface area contributed by atoms with Gasteiger partial charge in [-0.25, -0.2) is 9.98 Å². The van der Waals surface area contributed by atoms with E-state index in [1.165, 1.54) is 32.9 Å². The molecule has 0 saturated heterocycles. The average Bonchev–Trinajstić information content (AvgIpc) is 3.31. The first-order valence-electron chi connectivity index (χ1n) is 12.6. The third-order valence-corrected chi connectivity index (χ3v) is 7.18. The Bertz CT molecular complexity index is 1840. The van der Waals surface area contributed by atoms with Crippen LogP contribution < -0.4 is 5.32 Å². The first kappa shape index (κ1) is 22.5. The Morgan fingerprint density at radius 3 is 2.03 bits per heavy atom. The number of amidine groups is 2. The van der Waals surface area contributed by atoms with Crippen LogP contribution in [0.1, 0.15) is 17.3 Å². The number of halogens is 1. The van der Waals surface area contributed by atoms with E-state index in [2.05, 4.69) is 112 Å². The number of aromatic nitrogens is 1. The minimum absolute atomic E-state index is 0.338. The summed E-state index contributed by atoms with van der Waals surface area (Å²) in [5.74, 6) is 0.708. The fourth-order valence-corrected chi connectivity index (χ4v) is 5.35. The van der Waals surface area contributed by atoms with Crippen LogP contribution in [0.15, 0.2) is 137 Å². The van der Waals surface area contributed by atoms with Crippen molar-refractivity contribution in [3.05, 3.63) is 139 Å². The maximum absolute atomic E-state index is 6.36. The second-order valence-electron chi connectivity index (χ2n) is 9.30. The van der Waals surface area contributed by atoms with Crippen LogP contribution in [0.3, 0.4) is 0 Å². The van der Waals surface area contributed by atoms with Gasteiger partial charge in [-0.15, -0.1) is 0 Å². The third-order valence-electron chi connectivity index (χ3n) is 6.98. The van der Waals surface area contributed by atoms with E-state index in [0.717, 1.165) is 16.8 Å². The molecule has 0 aliphatic carbocycles. The summed E-state index contributed by atoms with van der Waals surface area (Å²) >= 11 is 6.36. The van der Waals surface area contributed by atoms with Gasteiger partial charge < -0.3 is 9.88 Å². The molecule has 0 spiro atoms. The van der Waals surface area contributed by atoms with Crippen molar-refractivity contribution in [2.75, 3.05) is 0 Å². The molecule has 0 radical (unpaired) electrons. The van der Waals surface area contributed by atoms with Crippen LogP contribution in [0.2, 0.25) is 0 Å². The zero-order chi connectivity index (χ0) is 25.5. The van der Waals surface area contributed by atoms with Crippen LogP contribution in [0.5, 0.6) is 0 Å². The molecule has 0 saturated carbocycles. The number of nitrogens with one attached hydrogen (secondary N) is 1. The lowest BCUT2D eigenvalue weighted by atomic mass is 10.0. The number of fused-ring (bicyclic) bond motifs is 3. The predicted octanol–water partition coefficient (Wildman–Crippen LogP) is 8.09. The van der Waals surface area contributed by atoms with Gasteiger partial charge in [0.25, 0.3) is 0 Å². The highest BCUT2D eigenvalue weighted by molar-refractivity contribution is 6.66. The van der Waals surface area contributed by atoms with Crippen LogP contribution in [-0.2, 0) is 0 Å². The van der Waals surface area contributed by atoms with Crippen LogP contribution in [0.4, 0.5) is 0 Å². The molecular formula is C33H23ClN4. The first-order chi connectivity index (χ1) is 18.7. The van der Waals surface area contributed by atoms with E-state index < -0.39 is 0 Å². The zero-order valence-corrected chi connectivity index (χ0v) is 21.2. The Balaban J connectivity index is 1.30. The molecule has 1 aliphatic heterocycles. The van der Waals surface area contributed by atoms with E-state index in [-0.39, 0.29) is 6.17 Å². The fraction of sp³-hybridized carbons (Fsp3) is 0.0303. The number of benzene rings is 5. The molecule has 0 bridgehead atoms. The first-order valence-corrected chi connectivity index (χ1v) is 12.9. The summed E-state index contributed by atoms with van der Waals surface area (Å²) < 4.78 is 2.32. The van der Waals surface area contributed by atoms with Crippen molar-refractivity contribution < 1.29 is 0 Å². The molecular weight excluding hydrogens is 488 g/mol. The minimum Gasteiger partial charge on any atom is -0.315 e. The third kappa shape index (κ3) is 3.96. The van der Waals surface area contributed by atoms with Crippen molar-refractivity contribution in [1.29, 1.82) is 0 Å². The van der Waals surface area contributed by atoms with E-state index in [9.17, 15) is 0 Å². The molecule has 1 unspecified atom stereocenters. The van der Waals surface area contributed by atoms with E-state index in [4.69, 9.17) is 16.6 Å². The second-order valence-corrected chi connectivity index (χ2v) is 9.66. The van der Waals surface area contributed by atoms with Crippen LogP contribution >= 0.6 is 11.6 Å². The summed E-state index contributed by atoms with van der Waals surface area (Å²) in [5, 5.41) is 5.93. The van der Waals surface area contributed by atoms with Gasteiger partial charge in [0.2, 0.25) is 0 Å². The van der Waals surface area contributed by atoms with Gasteiger partial charge in [-0.1, -0.05) is 84.9 Å². The number of aliphatic imine (C=N–C) groups is 2. The van der Waals surface area contributed by atoms with Crippen molar-refractivity contribution in [3.63, 3.8) is 0 Å². The summed E-state index contributed by atoms with van der Waals surface area (Å²) in [6.07, 6.45) is -0.365. The van der Waals surface area contributed by atoms with Gasteiger partial charge in [-0.3, -0.25) is 0 Å². The Hall–Kier alpha value is -4.67. The smallest absolute Gasteiger partial charge is 0.199 e. The number of para-hydroxylation sites is 1. The predicted molar refractivity (Wildman–Crippen MR) is 158 cm³/mol. The number of hydrogen-bond donors (Lipinski definition) is 1. The molecule has 0 fully saturated rings. The van der Waals surface area contributed by atoms with Crippen LogP contribution in [-0.4, -0.2) is 15.7 Å². The normalized spacial score (nSPS) is 15.2. The summed E-state index contributed by atoms with van der Waals surface area (Å²) in [6, 6.07) is 44.2. The van der Waals surface area contributed by atoms with Gasteiger partial charge in [0.15, 0.2) is 11.5 Å². The molecule has 5 aromatic carbocycles. The monoisotopic (exact) mass is 510 g/mol. The summed E-state index contributed by atoms with van der Waals surface area (Å²) in [7, 11) is 0. The SMILES string of the molecule is ClC1=NC(c2ccccc2)N=C(c2ccc(-n3c4ccccc4c4cc(-c5ccccc5)ccc43)cc2)N1. The van der Waals surface area contributed by atoms with Gasteiger partial charge in [0.05, 0.1) is 11.0 Å². The molecule has 4 nitrogen and oxygen atoms in total. The van der Waals surface area contributed by atoms with Gasteiger partial charge >= 0.3 is 0 Å². The molecule has 1 aliphatic rings. The van der Waals surface area contributed by atoms with E-state index in [1.54, 1.807) is 0 Å². The highest BCUT2D eigenvalue weighted by Gasteiger charge is 2.19. The molecule has 2 heterocycles. The molecule has 1 atom stereocenters. The van der Waals surface area contributed by atoms with Gasteiger partial charge in [-0.05, 0) is 70.8 Å². The molecule has 182 valence electrons. The summed E-state index contributed by atoms with van der Waals surface area (Å²) in [6.45, 7) is 0. The van der Waals surface area contributed by atoms with Gasteiger partial charge in [-0.2, -0.15) is 0 Å². The van der Waals surface area contributed by atoms with Gasteiger partial charge in [0, 0.05) is 22.0 Å². The highest BCUT2D eigenvalue weighted by Crippen LogP contribution is 2.35. The number of rotatable bonds is 4. The summed E-state index contributed by atoms with van der Waals surface area (Å²) in [4.78, 5) is 9.29. The van der Waals surface area contributed by atoms with Crippen molar-refractivity contribution in [3.8, 4) is 16.8 Å². The number of nitrogens with zero attached hydrogens (tertiary/aromatic N) is 3. The fourth-order valence-electron chi connectivity index (χ4n) is 5.17. The molecule has 38 heavy (non-hydrogen) atoms. The Labute approximate surface area is 225 Å². The lowest BCUT2D eigenvalue weighted by Gasteiger charge is -2.19. The van der Waals surface area contributed by atoms with Crippen LogP contribution in [0, 0.1) is 0 Å². The van der Waals surface area contributed by atoms with Crippen molar-refractivity contribution >= 4 is 44.5 Å². The average molecular weight is 511 g/mol. The molecule has 1 aromatic heterocycles. The Morgan fingerprint density at radius 1 is 0.579 bits per heavy atom. The topological polar surface area (TPSA) is 41.7 Å². The second kappa shape index (κ2) is 9.33. The van der Waals surface area contributed by atoms with Crippen molar-refractivity contribution in [1.82, 2.24) is 9.88 Å². The Morgan fingerprint density at radius 2 is 1.24 bits per heavy atom. The zero-order valence-electron chi connectivity index (χ0n) is 20.4. The largest absolute Gasteiger partial charge is 0.315 e. The maximum atomic E-state index is 6.36.